The third-order valence-corrected chi connectivity index (χ3v) is 7.48. The Morgan fingerprint density at radius 1 is 1.14 bits per heavy atom. The molecule has 28 heavy (non-hydrogen) atoms. The van der Waals surface area contributed by atoms with Gasteiger partial charge in [0.1, 0.15) is 5.82 Å². The Morgan fingerprint density at radius 2 is 1.89 bits per heavy atom. The maximum absolute atomic E-state index is 12.6. The molecular weight excluding hydrogens is 396 g/mol. The number of allylic oxidation sites excluding steroid dienone is 2. The maximum atomic E-state index is 12.6. The van der Waals surface area contributed by atoms with E-state index in [1.165, 1.54) is 12.4 Å². The predicted molar refractivity (Wildman–Crippen MR) is 108 cm³/mol. The van der Waals surface area contributed by atoms with Gasteiger partial charge >= 0.3 is 0 Å². The van der Waals surface area contributed by atoms with Gasteiger partial charge in [-0.1, -0.05) is 35.9 Å². The van der Waals surface area contributed by atoms with Crippen molar-refractivity contribution < 1.29 is 8.42 Å². The van der Waals surface area contributed by atoms with Gasteiger partial charge < -0.3 is 5.32 Å². The minimum atomic E-state index is -3.69. The SMILES string of the molecule is O=S(=O)(c1ccc(-c2cnc3c(c2Cl)C2(CC=CC2)CN3)cc1)n1cccn1. The van der Waals surface area contributed by atoms with Crippen LogP contribution in [0.1, 0.15) is 18.4 Å². The third kappa shape index (κ3) is 2.50. The summed E-state index contributed by atoms with van der Waals surface area (Å²) in [5.74, 6) is 0.843. The number of aromatic nitrogens is 3. The van der Waals surface area contributed by atoms with E-state index in [0.717, 1.165) is 46.0 Å². The van der Waals surface area contributed by atoms with Crippen molar-refractivity contribution in [2.24, 2.45) is 0 Å². The van der Waals surface area contributed by atoms with E-state index in [9.17, 15) is 8.42 Å². The second kappa shape index (κ2) is 6.18. The maximum Gasteiger partial charge on any atom is 0.282 e. The molecule has 0 saturated carbocycles. The number of anilines is 1. The van der Waals surface area contributed by atoms with Gasteiger partial charge in [0.05, 0.1) is 16.1 Å². The molecule has 6 nitrogen and oxygen atoms in total. The zero-order valence-corrected chi connectivity index (χ0v) is 16.4. The normalized spacial score (nSPS) is 17.0. The molecule has 3 heterocycles. The van der Waals surface area contributed by atoms with Gasteiger partial charge in [0.2, 0.25) is 0 Å². The lowest BCUT2D eigenvalue weighted by Gasteiger charge is -2.24. The molecule has 1 aliphatic heterocycles. The first-order chi connectivity index (χ1) is 13.5. The standard InChI is InChI=1S/C20H17ClN4O2S/c21-18-16(12-22-19-17(18)20(13-23-19)8-1-2-9-20)14-4-6-15(7-5-14)28(26,27)25-11-3-10-24-25/h1-7,10-12H,8-9,13H2,(H,22,23). The molecule has 142 valence electrons. The van der Waals surface area contributed by atoms with Crippen molar-refractivity contribution in [2.75, 3.05) is 11.9 Å². The van der Waals surface area contributed by atoms with Crippen LogP contribution in [-0.4, -0.2) is 29.1 Å². The number of halogens is 1. The molecule has 0 radical (unpaired) electrons. The number of pyridine rings is 1. The number of nitrogens with one attached hydrogen (secondary N) is 1. The van der Waals surface area contributed by atoms with Crippen LogP contribution in [0.25, 0.3) is 11.1 Å². The van der Waals surface area contributed by atoms with Crippen LogP contribution in [0, 0.1) is 0 Å². The highest BCUT2D eigenvalue weighted by Crippen LogP contribution is 2.49. The summed E-state index contributed by atoms with van der Waals surface area (Å²) < 4.78 is 26.1. The molecule has 1 spiro atoms. The smallest absolute Gasteiger partial charge is 0.282 e. The minimum Gasteiger partial charge on any atom is -0.369 e. The monoisotopic (exact) mass is 412 g/mol. The Bertz CT molecular complexity index is 1180. The van der Waals surface area contributed by atoms with Crippen LogP contribution in [0.5, 0.6) is 0 Å². The average Bonchev–Trinajstić information content (AvgIpc) is 3.45. The third-order valence-electron chi connectivity index (χ3n) is 5.51. The summed E-state index contributed by atoms with van der Waals surface area (Å²) in [6, 6.07) is 8.23. The highest BCUT2D eigenvalue weighted by molar-refractivity contribution is 7.89. The number of benzene rings is 1. The summed E-state index contributed by atoms with van der Waals surface area (Å²) >= 11 is 6.83. The molecule has 2 aliphatic rings. The molecule has 1 aromatic carbocycles. The van der Waals surface area contributed by atoms with E-state index >= 15 is 0 Å². The minimum absolute atomic E-state index is 0.0290. The lowest BCUT2D eigenvalue weighted by molar-refractivity contribution is 0.509. The Kier molecular flexibility index (Phi) is 3.86. The second-order valence-corrected chi connectivity index (χ2v) is 9.30. The van der Waals surface area contributed by atoms with Crippen molar-refractivity contribution >= 4 is 27.4 Å². The first-order valence-corrected chi connectivity index (χ1v) is 10.8. The lowest BCUT2D eigenvalue weighted by atomic mass is 9.80. The number of fused-ring (bicyclic) bond motifs is 2. The molecule has 0 saturated heterocycles. The molecule has 1 N–H and O–H groups in total. The Hall–Kier alpha value is -2.64. The Balaban J connectivity index is 1.55. The fraction of sp³-hybridized carbons (Fsp3) is 0.200. The van der Waals surface area contributed by atoms with E-state index in [1.54, 1.807) is 36.5 Å². The highest BCUT2D eigenvalue weighted by Gasteiger charge is 2.42. The summed E-state index contributed by atoms with van der Waals surface area (Å²) in [6.07, 6.45) is 10.9. The first kappa shape index (κ1) is 17.5. The fourth-order valence-electron chi connectivity index (χ4n) is 4.01. The average molecular weight is 413 g/mol. The Morgan fingerprint density at radius 3 is 2.57 bits per heavy atom. The van der Waals surface area contributed by atoms with Crippen molar-refractivity contribution in [1.82, 2.24) is 14.2 Å². The lowest BCUT2D eigenvalue weighted by Crippen LogP contribution is -2.25. The van der Waals surface area contributed by atoms with E-state index in [1.807, 2.05) is 0 Å². The largest absolute Gasteiger partial charge is 0.369 e. The van der Waals surface area contributed by atoms with E-state index in [2.05, 4.69) is 27.6 Å². The molecule has 0 fully saturated rings. The second-order valence-electron chi connectivity index (χ2n) is 7.13. The summed E-state index contributed by atoms with van der Waals surface area (Å²) in [4.78, 5) is 4.74. The van der Waals surface area contributed by atoms with Crippen molar-refractivity contribution in [3.05, 3.63) is 71.7 Å². The first-order valence-electron chi connectivity index (χ1n) is 8.95. The van der Waals surface area contributed by atoms with E-state index < -0.39 is 10.0 Å². The number of hydrogen-bond acceptors (Lipinski definition) is 5. The van der Waals surface area contributed by atoms with Crippen LogP contribution in [0.15, 0.2) is 66.0 Å². The van der Waals surface area contributed by atoms with Crippen molar-refractivity contribution in [2.45, 2.75) is 23.2 Å². The van der Waals surface area contributed by atoms with E-state index in [0.29, 0.717) is 5.02 Å². The highest BCUT2D eigenvalue weighted by atomic mass is 35.5. The van der Waals surface area contributed by atoms with Gasteiger partial charge in [-0.05, 0) is 36.6 Å². The summed E-state index contributed by atoms with van der Waals surface area (Å²) in [5, 5.41) is 7.88. The van der Waals surface area contributed by atoms with Gasteiger partial charge in [-0.3, -0.25) is 0 Å². The predicted octanol–water partition coefficient (Wildman–Crippen LogP) is 3.85. The van der Waals surface area contributed by atoms with Crippen molar-refractivity contribution in [3.8, 4) is 11.1 Å². The van der Waals surface area contributed by atoms with Crippen LogP contribution in [0.3, 0.4) is 0 Å². The zero-order valence-electron chi connectivity index (χ0n) is 14.8. The van der Waals surface area contributed by atoms with Gasteiger partial charge in [-0.25, -0.2) is 4.98 Å². The van der Waals surface area contributed by atoms with Gasteiger partial charge in [-0.2, -0.15) is 17.6 Å². The van der Waals surface area contributed by atoms with Gasteiger partial charge in [0.25, 0.3) is 10.0 Å². The molecule has 0 atom stereocenters. The molecule has 3 aromatic rings. The van der Waals surface area contributed by atoms with Gasteiger partial charge in [0, 0.05) is 35.5 Å². The molecule has 8 heteroatoms. The number of rotatable bonds is 3. The van der Waals surface area contributed by atoms with Gasteiger partial charge in [-0.15, -0.1) is 0 Å². The van der Waals surface area contributed by atoms with Crippen LogP contribution in [0.2, 0.25) is 5.02 Å². The van der Waals surface area contributed by atoms with Gasteiger partial charge in [0.15, 0.2) is 0 Å². The molecular formula is C20H17ClN4O2S. The Labute approximate surface area is 167 Å². The molecule has 5 rings (SSSR count). The van der Waals surface area contributed by atoms with Crippen molar-refractivity contribution in [1.29, 1.82) is 0 Å². The van der Waals surface area contributed by atoms with Crippen LogP contribution >= 0.6 is 11.6 Å². The number of nitrogens with zero attached hydrogens (tertiary/aromatic N) is 3. The summed E-state index contributed by atoms with van der Waals surface area (Å²) in [7, 11) is -3.69. The molecule has 1 aliphatic carbocycles. The van der Waals surface area contributed by atoms with Crippen LogP contribution in [-0.2, 0) is 15.4 Å². The number of hydrogen-bond donors (Lipinski definition) is 1. The van der Waals surface area contributed by atoms with Crippen LogP contribution in [0.4, 0.5) is 5.82 Å². The molecule has 0 bridgehead atoms. The summed E-state index contributed by atoms with van der Waals surface area (Å²) in [6.45, 7) is 0.826. The zero-order chi connectivity index (χ0) is 19.4. The van der Waals surface area contributed by atoms with Crippen LogP contribution < -0.4 is 5.32 Å². The van der Waals surface area contributed by atoms with E-state index in [-0.39, 0.29) is 10.3 Å². The molecule has 2 aromatic heterocycles. The topological polar surface area (TPSA) is 76.9 Å². The molecule has 0 unspecified atom stereocenters. The van der Waals surface area contributed by atoms with E-state index in [4.69, 9.17) is 11.6 Å². The fourth-order valence-corrected chi connectivity index (χ4v) is 5.56. The van der Waals surface area contributed by atoms with Crippen molar-refractivity contribution in [3.63, 3.8) is 0 Å². The molecule has 0 amide bonds. The summed E-state index contributed by atoms with van der Waals surface area (Å²) in [5.41, 5.74) is 2.66. The quantitative estimate of drug-likeness (QED) is 0.661.